The fraction of sp³-hybridized carbons (Fsp3) is 0.450. The van der Waals surface area contributed by atoms with Crippen molar-refractivity contribution in [2.45, 2.75) is 37.1 Å². The Morgan fingerprint density at radius 3 is 2.46 bits per heavy atom. The Balaban J connectivity index is 1.99. The molecule has 28 heavy (non-hydrogen) atoms. The summed E-state index contributed by atoms with van der Waals surface area (Å²) in [6.07, 6.45) is -0.0510. The summed E-state index contributed by atoms with van der Waals surface area (Å²) in [6, 6.07) is 11.7. The van der Waals surface area contributed by atoms with Crippen molar-refractivity contribution in [3.05, 3.63) is 52.9 Å². The molecule has 1 unspecified atom stereocenters. The molecule has 6 nitrogen and oxygen atoms in total. The molecule has 0 radical (unpaired) electrons. The monoisotopic (exact) mass is 423 g/mol. The third kappa shape index (κ3) is 6.61. The Kier molecular flexibility index (Phi) is 8.47. The highest BCUT2D eigenvalue weighted by Crippen LogP contribution is 2.18. The summed E-state index contributed by atoms with van der Waals surface area (Å²) in [6.45, 7) is 5.46. The Labute approximate surface area is 171 Å². The van der Waals surface area contributed by atoms with Crippen molar-refractivity contribution >= 4 is 27.1 Å². The van der Waals surface area contributed by atoms with Gasteiger partial charge >= 0.3 is 0 Å². The number of aliphatic imine (C=N–C) groups is 1. The van der Waals surface area contributed by atoms with Gasteiger partial charge in [-0.3, -0.25) is 4.99 Å². The van der Waals surface area contributed by atoms with Crippen LogP contribution in [0.25, 0.3) is 0 Å². The van der Waals surface area contributed by atoms with Crippen LogP contribution in [0.1, 0.15) is 25.0 Å². The maximum atomic E-state index is 12.3. The molecule has 0 bridgehead atoms. The van der Waals surface area contributed by atoms with Crippen LogP contribution in [0.5, 0.6) is 0 Å². The SMILES string of the molecule is CCNC(=NCC(O)CS(=O)(=O)c1cccs1)N(C)Cc1ccc(CC)cc1. The van der Waals surface area contributed by atoms with Crippen molar-refractivity contribution in [1.29, 1.82) is 0 Å². The number of thiophene rings is 1. The van der Waals surface area contributed by atoms with Crippen LogP contribution in [0, 0.1) is 0 Å². The molecule has 8 heteroatoms. The van der Waals surface area contributed by atoms with Gasteiger partial charge in [0.2, 0.25) is 0 Å². The van der Waals surface area contributed by atoms with Crippen LogP contribution >= 0.6 is 11.3 Å². The highest BCUT2D eigenvalue weighted by atomic mass is 32.2. The fourth-order valence-corrected chi connectivity index (χ4v) is 5.19. The fourth-order valence-electron chi connectivity index (χ4n) is 2.72. The average Bonchev–Trinajstić information content (AvgIpc) is 3.21. The summed E-state index contributed by atoms with van der Waals surface area (Å²) < 4.78 is 24.8. The molecular weight excluding hydrogens is 394 g/mol. The zero-order valence-corrected chi connectivity index (χ0v) is 18.3. The molecule has 0 saturated carbocycles. The first-order valence-corrected chi connectivity index (χ1v) is 11.9. The minimum absolute atomic E-state index is 0.0199. The molecule has 1 atom stereocenters. The van der Waals surface area contributed by atoms with Gasteiger partial charge in [-0.1, -0.05) is 37.3 Å². The second kappa shape index (κ2) is 10.6. The summed E-state index contributed by atoms with van der Waals surface area (Å²) in [5.74, 6) is 0.299. The number of aliphatic hydroxyl groups excluding tert-OH is 1. The Hall–Kier alpha value is -1.90. The lowest BCUT2D eigenvalue weighted by molar-refractivity contribution is 0.205. The zero-order valence-electron chi connectivity index (χ0n) is 16.6. The third-order valence-electron chi connectivity index (χ3n) is 4.21. The lowest BCUT2D eigenvalue weighted by atomic mass is 10.1. The van der Waals surface area contributed by atoms with E-state index in [0.29, 0.717) is 19.0 Å². The molecule has 2 aromatic rings. The molecule has 0 spiro atoms. The van der Waals surface area contributed by atoms with E-state index in [1.54, 1.807) is 17.5 Å². The van der Waals surface area contributed by atoms with Gasteiger partial charge in [0, 0.05) is 20.1 Å². The molecule has 1 aromatic carbocycles. The third-order valence-corrected chi connectivity index (χ3v) is 7.50. The minimum Gasteiger partial charge on any atom is -0.390 e. The van der Waals surface area contributed by atoms with Crippen LogP contribution in [0.3, 0.4) is 0 Å². The first kappa shape index (κ1) is 22.4. The molecule has 1 heterocycles. The largest absolute Gasteiger partial charge is 0.390 e. The molecule has 0 aliphatic carbocycles. The highest BCUT2D eigenvalue weighted by Gasteiger charge is 2.21. The van der Waals surface area contributed by atoms with Gasteiger partial charge in [0.15, 0.2) is 15.8 Å². The van der Waals surface area contributed by atoms with E-state index in [1.165, 1.54) is 5.56 Å². The normalized spacial score (nSPS) is 13.4. The second-order valence-corrected chi connectivity index (χ2v) is 9.80. The minimum atomic E-state index is -3.49. The highest BCUT2D eigenvalue weighted by molar-refractivity contribution is 7.93. The van der Waals surface area contributed by atoms with Crippen LogP contribution < -0.4 is 5.32 Å². The molecule has 0 aliphatic rings. The predicted octanol–water partition coefficient (Wildman–Crippen LogP) is 2.54. The molecule has 0 fully saturated rings. The quantitative estimate of drug-likeness (QED) is 0.478. The van der Waals surface area contributed by atoms with Gasteiger partial charge in [-0.25, -0.2) is 8.42 Å². The number of aliphatic hydroxyl groups is 1. The molecule has 154 valence electrons. The standard InChI is InChI=1S/C20H29N3O3S2/c1-4-16-8-10-17(11-9-16)14-23(3)20(21-5-2)22-13-18(24)15-28(25,26)19-7-6-12-27-19/h6-12,18,24H,4-5,13-15H2,1-3H3,(H,21,22). The number of guanidine groups is 1. The van der Waals surface area contributed by atoms with E-state index in [9.17, 15) is 13.5 Å². The van der Waals surface area contributed by atoms with Crippen molar-refractivity contribution in [3.8, 4) is 0 Å². The first-order chi connectivity index (χ1) is 13.4. The van der Waals surface area contributed by atoms with Crippen LogP contribution in [-0.4, -0.2) is 56.4 Å². The summed E-state index contributed by atoms with van der Waals surface area (Å²) >= 11 is 1.16. The smallest absolute Gasteiger partial charge is 0.194 e. The molecular formula is C20H29N3O3S2. The van der Waals surface area contributed by atoms with Crippen LogP contribution in [-0.2, 0) is 22.8 Å². The van der Waals surface area contributed by atoms with Crippen LogP contribution in [0.15, 0.2) is 51.0 Å². The summed E-state index contributed by atoms with van der Waals surface area (Å²) in [5.41, 5.74) is 2.45. The maximum Gasteiger partial charge on any atom is 0.194 e. The lowest BCUT2D eigenvalue weighted by Crippen LogP contribution is -2.39. The number of nitrogens with zero attached hydrogens (tertiary/aromatic N) is 2. The van der Waals surface area contributed by atoms with E-state index >= 15 is 0 Å². The molecule has 0 saturated heterocycles. The number of benzene rings is 1. The number of rotatable bonds is 9. The number of aryl methyl sites for hydroxylation is 1. The Morgan fingerprint density at radius 2 is 1.89 bits per heavy atom. The van der Waals surface area contributed by atoms with Gasteiger partial charge in [0.05, 0.1) is 18.4 Å². The number of hydrogen-bond donors (Lipinski definition) is 2. The van der Waals surface area contributed by atoms with Gasteiger partial charge in [-0.05, 0) is 35.9 Å². The van der Waals surface area contributed by atoms with Crippen molar-refractivity contribution < 1.29 is 13.5 Å². The summed E-state index contributed by atoms with van der Waals surface area (Å²) in [4.78, 5) is 6.39. The lowest BCUT2D eigenvalue weighted by Gasteiger charge is -2.22. The molecule has 0 amide bonds. The maximum absolute atomic E-state index is 12.3. The van der Waals surface area contributed by atoms with Crippen molar-refractivity contribution in [2.24, 2.45) is 4.99 Å². The van der Waals surface area contributed by atoms with Crippen molar-refractivity contribution in [2.75, 3.05) is 25.9 Å². The van der Waals surface area contributed by atoms with Crippen LogP contribution in [0.4, 0.5) is 0 Å². The molecule has 1 aromatic heterocycles. The van der Waals surface area contributed by atoms with Gasteiger partial charge < -0.3 is 15.3 Å². The second-order valence-electron chi connectivity index (χ2n) is 6.59. The van der Waals surface area contributed by atoms with E-state index in [2.05, 4.69) is 41.5 Å². The van der Waals surface area contributed by atoms with Gasteiger partial charge in [-0.15, -0.1) is 11.3 Å². The van der Waals surface area contributed by atoms with Gasteiger partial charge in [-0.2, -0.15) is 0 Å². The number of sulfone groups is 1. The van der Waals surface area contributed by atoms with E-state index in [-0.39, 0.29) is 16.5 Å². The molecule has 2 N–H and O–H groups in total. The Morgan fingerprint density at radius 1 is 1.21 bits per heavy atom. The topological polar surface area (TPSA) is 82.0 Å². The predicted molar refractivity (Wildman–Crippen MR) is 116 cm³/mol. The molecule has 0 aliphatic heterocycles. The van der Waals surface area contributed by atoms with E-state index in [4.69, 9.17) is 0 Å². The van der Waals surface area contributed by atoms with E-state index in [1.807, 2.05) is 18.9 Å². The summed E-state index contributed by atoms with van der Waals surface area (Å²) in [7, 11) is -1.57. The van der Waals surface area contributed by atoms with Gasteiger partial charge in [0.1, 0.15) is 4.21 Å². The van der Waals surface area contributed by atoms with Gasteiger partial charge in [0.25, 0.3) is 0 Å². The van der Waals surface area contributed by atoms with E-state index < -0.39 is 15.9 Å². The van der Waals surface area contributed by atoms with Crippen molar-refractivity contribution in [1.82, 2.24) is 10.2 Å². The summed E-state index contributed by atoms with van der Waals surface area (Å²) in [5, 5.41) is 15.1. The first-order valence-electron chi connectivity index (χ1n) is 9.37. The van der Waals surface area contributed by atoms with E-state index in [0.717, 1.165) is 23.3 Å². The molecule has 2 rings (SSSR count). The number of hydrogen-bond acceptors (Lipinski definition) is 5. The van der Waals surface area contributed by atoms with Crippen LogP contribution in [0.2, 0.25) is 0 Å². The van der Waals surface area contributed by atoms with Crippen molar-refractivity contribution in [3.63, 3.8) is 0 Å². The average molecular weight is 424 g/mol. The Bertz CT molecular complexity index is 847. The zero-order chi connectivity index (χ0) is 20.6. The number of nitrogens with one attached hydrogen (secondary N) is 1.